The highest BCUT2D eigenvalue weighted by Gasteiger charge is 2.33. The van der Waals surface area contributed by atoms with Gasteiger partial charge < -0.3 is 13.8 Å². The van der Waals surface area contributed by atoms with E-state index in [0.29, 0.717) is 4.47 Å². The minimum atomic E-state index is -4.09. The average Bonchev–Trinajstić information content (AvgIpc) is 2.61. The van der Waals surface area contributed by atoms with Crippen molar-refractivity contribution >= 4 is 35.3 Å². The maximum Gasteiger partial charge on any atom is 0.513 e. The lowest BCUT2D eigenvalue weighted by molar-refractivity contribution is -0.384. The molecule has 2 aromatic carbocycles. The maximum atomic E-state index is 13.2. The lowest BCUT2D eigenvalue weighted by Crippen LogP contribution is -2.35. The van der Waals surface area contributed by atoms with Gasteiger partial charge in [0.15, 0.2) is 0 Å². The Balaban J connectivity index is 2.28. The molecule has 0 heterocycles. The van der Waals surface area contributed by atoms with Crippen LogP contribution in [0.25, 0.3) is 0 Å². The van der Waals surface area contributed by atoms with Crippen LogP contribution in [-0.4, -0.2) is 24.0 Å². The highest BCUT2D eigenvalue weighted by atomic mass is 79.9. The number of non-ortho nitro benzene ring substituents is 1. The molecule has 0 bridgehead atoms. The number of carbonyl (C=O) groups is 1. The Bertz CT molecular complexity index is 875. The molecule has 0 aromatic heterocycles. The third kappa shape index (κ3) is 6.06. The largest absolute Gasteiger partial charge is 0.513 e. The van der Waals surface area contributed by atoms with E-state index in [2.05, 4.69) is 25.8 Å². The number of halogens is 1. The van der Waals surface area contributed by atoms with Crippen molar-refractivity contribution < 1.29 is 28.1 Å². The highest BCUT2D eigenvalue weighted by Crippen LogP contribution is 2.45. The molecular weight excluding hydrogens is 443 g/mol. The quantitative estimate of drug-likeness (QED) is 0.272. The van der Waals surface area contributed by atoms with Crippen molar-refractivity contribution in [2.45, 2.75) is 13.0 Å². The summed E-state index contributed by atoms with van der Waals surface area (Å²) in [6, 6.07) is 10.5. The summed E-state index contributed by atoms with van der Waals surface area (Å²) in [7, 11) is -2.89. The fourth-order valence-electron chi connectivity index (χ4n) is 1.97. The number of hydrogen-bond donors (Lipinski definition) is 1. The van der Waals surface area contributed by atoms with Crippen LogP contribution in [0.1, 0.15) is 6.92 Å². The van der Waals surface area contributed by atoms with Crippen LogP contribution < -0.4 is 14.1 Å². The average molecular weight is 459 g/mol. The van der Waals surface area contributed by atoms with Gasteiger partial charge in [-0.3, -0.25) is 14.9 Å². The van der Waals surface area contributed by atoms with Crippen molar-refractivity contribution in [3.05, 3.63) is 63.1 Å². The number of benzene rings is 2. The molecule has 0 amide bonds. The number of nitro groups is 1. The molecule has 0 spiro atoms. The summed E-state index contributed by atoms with van der Waals surface area (Å²) >= 11 is 3.27. The second kappa shape index (κ2) is 8.98. The smallest absolute Gasteiger partial charge is 0.468 e. The van der Waals surface area contributed by atoms with Crippen molar-refractivity contribution in [1.29, 1.82) is 0 Å². The summed E-state index contributed by atoms with van der Waals surface area (Å²) in [5, 5.41) is 13.2. The topological polar surface area (TPSA) is 117 Å². The van der Waals surface area contributed by atoms with Crippen molar-refractivity contribution in [3.8, 4) is 11.5 Å². The zero-order valence-electron chi connectivity index (χ0n) is 14.3. The summed E-state index contributed by atoms with van der Waals surface area (Å²) in [5.41, 5.74) is -0.152. The fraction of sp³-hybridized carbons (Fsp3) is 0.188. The Kier molecular flexibility index (Phi) is 6.95. The van der Waals surface area contributed by atoms with Gasteiger partial charge in [0.25, 0.3) is 5.69 Å². The number of rotatable bonds is 8. The molecule has 1 N–H and O–H groups in total. The van der Waals surface area contributed by atoms with E-state index in [-0.39, 0.29) is 17.2 Å². The second-order valence-electron chi connectivity index (χ2n) is 5.26. The molecule has 2 atom stereocenters. The van der Waals surface area contributed by atoms with E-state index in [1.165, 1.54) is 38.3 Å². The normalized spacial score (nSPS) is 13.9. The number of carbonyl (C=O) groups excluding carboxylic acids is 1. The van der Waals surface area contributed by atoms with E-state index in [1.807, 2.05) is 0 Å². The second-order valence-corrected chi connectivity index (χ2v) is 7.80. The number of nitro benzene ring substituents is 1. The molecule has 0 aliphatic heterocycles. The van der Waals surface area contributed by atoms with E-state index in [0.717, 1.165) is 0 Å². The van der Waals surface area contributed by atoms with Crippen LogP contribution in [-0.2, 0) is 14.1 Å². The molecule has 2 rings (SSSR count). The van der Waals surface area contributed by atoms with Crippen LogP contribution in [0.5, 0.6) is 11.5 Å². The van der Waals surface area contributed by atoms with Gasteiger partial charge in [-0.1, -0.05) is 22.0 Å². The molecule has 0 saturated carbocycles. The molecule has 144 valence electrons. The molecule has 0 radical (unpaired) electrons. The number of methoxy groups -OCH3 is 1. The lowest BCUT2D eigenvalue weighted by atomic mass is 10.3. The Morgan fingerprint density at radius 2 is 1.81 bits per heavy atom. The molecule has 0 fully saturated rings. The number of nitrogens with zero attached hydrogens (tertiary/aromatic N) is 1. The highest BCUT2D eigenvalue weighted by molar-refractivity contribution is 9.10. The van der Waals surface area contributed by atoms with Crippen LogP contribution in [0, 0.1) is 10.1 Å². The monoisotopic (exact) mass is 458 g/mol. The van der Waals surface area contributed by atoms with Gasteiger partial charge in [0.2, 0.25) is 0 Å². The minimum absolute atomic E-state index is 0.0588. The van der Waals surface area contributed by atoms with Gasteiger partial charge in [-0.25, -0.2) is 4.57 Å². The Hall–Kier alpha value is -2.42. The summed E-state index contributed by atoms with van der Waals surface area (Å²) in [4.78, 5) is 21.8. The molecule has 0 aliphatic carbocycles. The first-order valence-electron chi connectivity index (χ1n) is 7.57. The zero-order valence-corrected chi connectivity index (χ0v) is 16.8. The maximum absolute atomic E-state index is 13.2. The van der Waals surface area contributed by atoms with E-state index in [1.54, 1.807) is 24.3 Å². The predicted molar refractivity (Wildman–Crippen MR) is 101 cm³/mol. The number of nitrogens with one attached hydrogen (secondary N) is 1. The number of esters is 1. The van der Waals surface area contributed by atoms with E-state index in [4.69, 9.17) is 9.05 Å². The Morgan fingerprint density at radius 1 is 1.19 bits per heavy atom. The van der Waals surface area contributed by atoms with Gasteiger partial charge in [-0.2, -0.15) is 5.09 Å². The Morgan fingerprint density at radius 3 is 2.37 bits per heavy atom. The molecule has 2 aromatic rings. The first-order valence-corrected chi connectivity index (χ1v) is 9.91. The van der Waals surface area contributed by atoms with Crippen LogP contribution in [0.3, 0.4) is 0 Å². The van der Waals surface area contributed by atoms with Crippen LogP contribution >= 0.6 is 23.7 Å². The van der Waals surface area contributed by atoms with Crippen LogP contribution in [0.2, 0.25) is 0 Å². The first-order chi connectivity index (χ1) is 12.7. The van der Waals surface area contributed by atoms with Crippen LogP contribution in [0.4, 0.5) is 5.69 Å². The standard InChI is InChI=1S/C16H16BrN2O7P/c1-11(16(20)24-2)18-27(23,26-15-5-3-4-12(17)10-15)25-14-8-6-13(7-9-14)19(21)22/h3-11H,1-2H3,(H,18,23)/t11-,27?/m0/s1. The van der Waals surface area contributed by atoms with E-state index >= 15 is 0 Å². The summed E-state index contributed by atoms with van der Waals surface area (Å²) in [6.45, 7) is 1.43. The summed E-state index contributed by atoms with van der Waals surface area (Å²) in [5.74, 6) is -0.386. The Labute approximate surface area is 163 Å². The third-order valence-electron chi connectivity index (χ3n) is 3.20. The van der Waals surface area contributed by atoms with Crippen molar-refractivity contribution in [2.24, 2.45) is 0 Å². The molecule has 9 nitrogen and oxygen atoms in total. The minimum Gasteiger partial charge on any atom is -0.468 e. The van der Waals surface area contributed by atoms with E-state index < -0.39 is 24.7 Å². The SMILES string of the molecule is COC(=O)[C@H](C)NP(=O)(Oc1ccc([N+](=O)[O-])cc1)Oc1cccc(Br)c1. The van der Waals surface area contributed by atoms with E-state index in [9.17, 15) is 19.5 Å². The fourth-order valence-corrected chi connectivity index (χ4v) is 3.86. The summed E-state index contributed by atoms with van der Waals surface area (Å²) in [6.07, 6.45) is 0. The molecule has 0 aliphatic rings. The van der Waals surface area contributed by atoms with Crippen molar-refractivity contribution in [2.75, 3.05) is 7.11 Å². The molecular formula is C16H16BrN2O7P. The van der Waals surface area contributed by atoms with Crippen molar-refractivity contribution in [3.63, 3.8) is 0 Å². The van der Waals surface area contributed by atoms with Gasteiger partial charge in [-0.05, 0) is 37.3 Å². The third-order valence-corrected chi connectivity index (χ3v) is 5.30. The van der Waals surface area contributed by atoms with Gasteiger partial charge in [-0.15, -0.1) is 0 Å². The molecule has 11 heteroatoms. The predicted octanol–water partition coefficient (Wildman–Crippen LogP) is 4.07. The van der Waals surface area contributed by atoms with Gasteiger partial charge in [0.05, 0.1) is 12.0 Å². The molecule has 27 heavy (non-hydrogen) atoms. The zero-order chi connectivity index (χ0) is 20.0. The van der Waals surface area contributed by atoms with Gasteiger partial charge in [0.1, 0.15) is 17.5 Å². The molecule has 0 saturated heterocycles. The first kappa shape index (κ1) is 20.9. The number of hydrogen-bond acceptors (Lipinski definition) is 7. The van der Waals surface area contributed by atoms with Crippen molar-refractivity contribution in [1.82, 2.24) is 5.09 Å². The molecule has 1 unspecified atom stereocenters. The number of ether oxygens (including phenoxy) is 1. The van der Waals surface area contributed by atoms with Gasteiger partial charge in [0, 0.05) is 16.6 Å². The van der Waals surface area contributed by atoms with Crippen LogP contribution in [0.15, 0.2) is 53.0 Å². The van der Waals surface area contributed by atoms with Gasteiger partial charge >= 0.3 is 13.7 Å². The summed E-state index contributed by atoms with van der Waals surface area (Å²) < 4.78 is 29.4. The lowest BCUT2D eigenvalue weighted by Gasteiger charge is -2.22.